The lowest BCUT2D eigenvalue weighted by Gasteiger charge is -2.20. The van der Waals surface area contributed by atoms with E-state index in [2.05, 4.69) is 4.98 Å². The Kier molecular flexibility index (Phi) is 3.41. The molecular formula is C16H17N3O2S. The molecule has 0 aliphatic rings. The molecule has 3 rings (SSSR count). The van der Waals surface area contributed by atoms with E-state index in [9.17, 15) is 8.42 Å². The molecule has 6 heteroatoms. The highest BCUT2D eigenvalue weighted by Gasteiger charge is 2.24. The van der Waals surface area contributed by atoms with E-state index in [0.717, 1.165) is 16.6 Å². The van der Waals surface area contributed by atoms with Gasteiger partial charge in [-0.3, -0.25) is 4.31 Å². The Morgan fingerprint density at radius 3 is 2.45 bits per heavy atom. The van der Waals surface area contributed by atoms with Gasteiger partial charge in [0.25, 0.3) is 10.0 Å². The Hall–Kier alpha value is -2.34. The minimum Gasteiger partial charge on any atom is -0.315 e. The van der Waals surface area contributed by atoms with Gasteiger partial charge in [-0.05, 0) is 37.3 Å². The second kappa shape index (κ2) is 5.14. The van der Waals surface area contributed by atoms with E-state index in [1.165, 1.54) is 4.31 Å². The van der Waals surface area contributed by atoms with Gasteiger partial charge in [-0.1, -0.05) is 17.7 Å². The highest BCUT2D eigenvalue weighted by molar-refractivity contribution is 7.92. The van der Waals surface area contributed by atoms with E-state index >= 15 is 0 Å². The average Bonchev–Trinajstić information content (AvgIpc) is 2.84. The third kappa shape index (κ3) is 2.25. The number of hydrogen-bond donors (Lipinski definition) is 0. The number of aromatic nitrogens is 2. The Bertz CT molecular complexity index is 928. The number of pyridine rings is 1. The van der Waals surface area contributed by atoms with Crippen LogP contribution >= 0.6 is 0 Å². The van der Waals surface area contributed by atoms with Crippen molar-refractivity contribution in [2.45, 2.75) is 11.8 Å². The number of sulfonamides is 1. The van der Waals surface area contributed by atoms with Crippen molar-refractivity contribution in [3.63, 3.8) is 0 Å². The third-order valence-electron chi connectivity index (χ3n) is 3.76. The fraction of sp³-hybridized carbons (Fsp3) is 0.188. The van der Waals surface area contributed by atoms with Gasteiger partial charge in [-0.2, -0.15) is 0 Å². The molecule has 0 fully saturated rings. The molecule has 114 valence electrons. The maximum Gasteiger partial charge on any atom is 0.265 e. The van der Waals surface area contributed by atoms with E-state index in [1.807, 2.05) is 32.2 Å². The predicted octanol–water partition coefficient (Wildman–Crippen LogP) is 2.71. The van der Waals surface area contributed by atoms with Crippen molar-refractivity contribution < 1.29 is 8.42 Å². The normalized spacial score (nSPS) is 11.8. The van der Waals surface area contributed by atoms with Gasteiger partial charge in [-0.25, -0.2) is 13.4 Å². The molecule has 0 spiro atoms. The highest BCUT2D eigenvalue weighted by atomic mass is 32.2. The van der Waals surface area contributed by atoms with Gasteiger partial charge in [0.1, 0.15) is 11.5 Å². The van der Waals surface area contributed by atoms with Crippen LogP contribution in [0.5, 0.6) is 0 Å². The largest absolute Gasteiger partial charge is 0.315 e. The molecule has 0 bridgehead atoms. The Morgan fingerprint density at radius 1 is 1.14 bits per heavy atom. The standard InChI is InChI=1S/C16H17N3O2S/c1-12-6-8-14(9-7-12)22(20,21)19(3)15-11-13-5-4-10-17-16(13)18(15)2/h4-11H,1-3H3. The first-order valence-corrected chi connectivity index (χ1v) is 8.31. The van der Waals surface area contributed by atoms with Crippen molar-refractivity contribution >= 4 is 26.9 Å². The number of benzene rings is 1. The van der Waals surface area contributed by atoms with Gasteiger partial charge in [-0.15, -0.1) is 0 Å². The number of nitrogens with zero attached hydrogens (tertiary/aromatic N) is 3. The molecule has 1 aromatic carbocycles. The Morgan fingerprint density at radius 2 is 1.82 bits per heavy atom. The first kappa shape index (κ1) is 14.6. The maximum atomic E-state index is 12.8. The van der Waals surface area contributed by atoms with E-state index in [1.54, 1.807) is 42.1 Å². The van der Waals surface area contributed by atoms with Crippen LogP contribution in [0.1, 0.15) is 5.56 Å². The van der Waals surface area contributed by atoms with Crippen LogP contribution in [0.3, 0.4) is 0 Å². The molecule has 0 radical (unpaired) electrons. The lowest BCUT2D eigenvalue weighted by molar-refractivity contribution is 0.593. The number of fused-ring (bicyclic) bond motifs is 1. The summed E-state index contributed by atoms with van der Waals surface area (Å²) >= 11 is 0. The summed E-state index contributed by atoms with van der Waals surface area (Å²) in [5.74, 6) is 0.578. The molecule has 0 atom stereocenters. The molecule has 0 unspecified atom stereocenters. The summed E-state index contributed by atoms with van der Waals surface area (Å²) < 4.78 is 28.6. The molecule has 0 amide bonds. The molecule has 2 heterocycles. The second-order valence-electron chi connectivity index (χ2n) is 5.26. The maximum absolute atomic E-state index is 12.8. The number of rotatable bonds is 3. The van der Waals surface area contributed by atoms with Crippen molar-refractivity contribution in [2.24, 2.45) is 7.05 Å². The van der Waals surface area contributed by atoms with Crippen molar-refractivity contribution in [2.75, 3.05) is 11.4 Å². The van der Waals surface area contributed by atoms with Crippen molar-refractivity contribution in [1.82, 2.24) is 9.55 Å². The van der Waals surface area contributed by atoms with Crippen LogP contribution in [0.15, 0.2) is 53.6 Å². The number of hydrogen-bond acceptors (Lipinski definition) is 3. The second-order valence-corrected chi connectivity index (χ2v) is 7.23. The third-order valence-corrected chi connectivity index (χ3v) is 5.54. The molecular weight excluding hydrogens is 298 g/mol. The summed E-state index contributed by atoms with van der Waals surface area (Å²) in [4.78, 5) is 4.57. The molecule has 5 nitrogen and oxygen atoms in total. The van der Waals surface area contributed by atoms with Crippen LogP contribution < -0.4 is 4.31 Å². The van der Waals surface area contributed by atoms with Gasteiger partial charge in [0.2, 0.25) is 0 Å². The SMILES string of the molecule is Cc1ccc(S(=O)(=O)N(C)c2cc3cccnc3n2C)cc1. The monoisotopic (exact) mass is 315 g/mol. The van der Waals surface area contributed by atoms with E-state index in [4.69, 9.17) is 0 Å². The molecule has 22 heavy (non-hydrogen) atoms. The summed E-state index contributed by atoms with van der Waals surface area (Å²) in [5, 5.41) is 0.908. The summed E-state index contributed by atoms with van der Waals surface area (Å²) in [7, 11) is -0.224. The molecule has 0 N–H and O–H groups in total. The van der Waals surface area contributed by atoms with Gasteiger partial charge < -0.3 is 4.57 Å². The zero-order valence-electron chi connectivity index (χ0n) is 12.7. The first-order valence-electron chi connectivity index (χ1n) is 6.87. The summed E-state index contributed by atoms with van der Waals surface area (Å²) in [6.07, 6.45) is 1.70. The lowest BCUT2D eigenvalue weighted by Crippen LogP contribution is -2.28. The van der Waals surface area contributed by atoms with Gasteiger partial charge >= 0.3 is 0 Å². The van der Waals surface area contributed by atoms with Gasteiger partial charge in [0, 0.05) is 25.7 Å². The summed E-state index contributed by atoms with van der Waals surface area (Å²) in [6.45, 7) is 1.93. The summed E-state index contributed by atoms with van der Waals surface area (Å²) in [6, 6.07) is 12.4. The summed E-state index contributed by atoms with van der Waals surface area (Å²) in [5.41, 5.74) is 1.78. The van der Waals surface area contributed by atoms with Gasteiger partial charge in [0.15, 0.2) is 0 Å². The number of aryl methyl sites for hydroxylation is 2. The zero-order valence-corrected chi connectivity index (χ0v) is 13.5. The first-order chi connectivity index (χ1) is 10.4. The van der Waals surface area contributed by atoms with Crippen LogP contribution in [0.25, 0.3) is 11.0 Å². The van der Waals surface area contributed by atoms with Crippen LogP contribution in [0.4, 0.5) is 5.82 Å². The minimum absolute atomic E-state index is 0.277. The van der Waals surface area contributed by atoms with Crippen molar-refractivity contribution in [1.29, 1.82) is 0 Å². The number of anilines is 1. The zero-order chi connectivity index (χ0) is 15.9. The smallest absolute Gasteiger partial charge is 0.265 e. The molecule has 0 saturated carbocycles. The van der Waals surface area contributed by atoms with Crippen LogP contribution in [0.2, 0.25) is 0 Å². The fourth-order valence-electron chi connectivity index (χ4n) is 2.44. The fourth-order valence-corrected chi connectivity index (χ4v) is 3.66. The minimum atomic E-state index is -3.59. The van der Waals surface area contributed by atoms with E-state index < -0.39 is 10.0 Å². The Balaban J connectivity index is 2.10. The van der Waals surface area contributed by atoms with Gasteiger partial charge in [0.05, 0.1) is 4.90 Å². The van der Waals surface area contributed by atoms with Crippen molar-refractivity contribution in [3.05, 3.63) is 54.2 Å². The van der Waals surface area contributed by atoms with E-state index in [-0.39, 0.29) is 4.90 Å². The molecule has 0 saturated heterocycles. The molecule has 2 aromatic heterocycles. The lowest BCUT2D eigenvalue weighted by atomic mass is 10.2. The predicted molar refractivity (Wildman–Crippen MR) is 87.5 cm³/mol. The quantitative estimate of drug-likeness (QED) is 0.747. The molecule has 0 aliphatic heterocycles. The molecule has 0 aliphatic carbocycles. The topological polar surface area (TPSA) is 55.2 Å². The van der Waals surface area contributed by atoms with E-state index in [0.29, 0.717) is 5.82 Å². The van der Waals surface area contributed by atoms with Crippen LogP contribution in [-0.2, 0) is 17.1 Å². The van der Waals surface area contributed by atoms with Crippen LogP contribution in [0, 0.1) is 6.92 Å². The Labute approximate surface area is 129 Å². The average molecular weight is 315 g/mol. The molecule has 3 aromatic rings. The van der Waals surface area contributed by atoms with Crippen molar-refractivity contribution in [3.8, 4) is 0 Å². The highest BCUT2D eigenvalue weighted by Crippen LogP contribution is 2.27. The van der Waals surface area contributed by atoms with Crippen LogP contribution in [-0.4, -0.2) is 25.0 Å².